The SMILES string of the molecule is Cc1ccc(OCC(=O)N/N=C\c2ccccc2OC(=O)c2ccc3c(c2)OCO3)c(C)c1. The number of nitrogens with one attached hydrogen (secondary N) is 1. The number of hydrogen-bond acceptors (Lipinski definition) is 7. The van der Waals surface area contributed by atoms with Crippen LogP contribution in [0.1, 0.15) is 27.0 Å². The minimum Gasteiger partial charge on any atom is -0.483 e. The summed E-state index contributed by atoms with van der Waals surface area (Å²) in [6.45, 7) is 3.85. The van der Waals surface area contributed by atoms with Crippen molar-refractivity contribution in [3.8, 4) is 23.0 Å². The molecule has 0 saturated carbocycles. The molecule has 4 rings (SSSR count). The maximum atomic E-state index is 12.6. The lowest BCUT2D eigenvalue weighted by molar-refractivity contribution is -0.123. The second-order valence-corrected chi connectivity index (χ2v) is 7.35. The van der Waals surface area contributed by atoms with Crippen molar-refractivity contribution in [1.82, 2.24) is 5.43 Å². The lowest BCUT2D eigenvalue weighted by Crippen LogP contribution is -2.24. The molecule has 1 N–H and O–H groups in total. The van der Waals surface area contributed by atoms with E-state index in [2.05, 4.69) is 10.5 Å². The summed E-state index contributed by atoms with van der Waals surface area (Å²) in [5.74, 6) is 1.03. The first-order valence-corrected chi connectivity index (χ1v) is 10.2. The Kier molecular flexibility index (Phi) is 6.54. The van der Waals surface area contributed by atoms with Gasteiger partial charge in [-0.15, -0.1) is 0 Å². The van der Waals surface area contributed by atoms with Crippen molar-refractivity contribution in [2.24, 2.45) is 5.10 Å². The van der Waals surface area contributed by atoms with Crippen molar-refractivity contribution in [3.05, 3.63) is 82.9 Å². The Balaban J connectivity index is 1.35. The lowest BCUT2D eigenvalue weighted by atomic mass is 10.1. The molecule has 8 heteroatoms. The number of amides is 1. The second-order valence-electron chi connectivity index (χ2n) is 7.35. The van der Waals surface area contributed by atoms with Crippen molar-refractivity contribution in [1.29, 1.82) is 0 Å². The maximum absolute atomic E-state index is 12.6. The minimum absolute atomic E-state index is 0.120. The fourth-order valence-corrected chi connectivity index (χ4v) is 3.17. The Morgan fingerprint density at radius 3 is 2.67 bits per heavy atom. The third-order valence-corrected chi connectivity index (χ3v) is 4.81. The first-order chi connectivity index (χ1) is 16.0. The Hall–Kier alpha value is -4.33. The number of aryl methyl sites for hydroxylation is 2. The zero-order valence-corrected chi connectivity index (χ0v) is 18.2. The van der Waals surface area contributed by atoms with E-state index in [4.69, 9.17) is 18.9 Å². The van der Waals surface area contributed by atoms with E-state index in [0.717, 1.165) is 11.1 Å². The summed E-state index contributed by atoms with van der Waals surface area (Å²) in [6, 6.07) is 17.4. The van der Waals surface area contributed by atoms with Crippen molar-refractivity contribution < 1.29 is 28.5 Å². The molecular weight excluding hydrogens is 424 g/mol. The van der Waals surface area contributed by atoms with E-state index in [9.17, 15) is 9.59 Å². The molecule has 3 aromatic carbocycles. The molecule has 0 aliphatic carbocycles. The molecule has 1 aliphatic rings. The van der Waals surface area contributed by atoms with E-state index in [0.29, 0.717) is 34.1 Å². The van der Waals surface area contributed by atoms with Gasteiger partial charge in [-0.2, -0.15) is 5.10 Å². The highest BCUT2D eigenvalue weighted by molar-refractivity contribution is 5.94. The number of ether oxygens (including phenoxy) is 4. The number of hydrogen-bond donors (Lipinski definition) is 1. The molecule has 0 atom stereocenters. The number of esters is 1. The molecule has 0 unspecified atom stereocenters. The molecule has 0 radical (unpaired) electrons. The smallest absolute Gasteiger partial charge is 0.343 e. The number of carbonyl (C=O) groups excluding carboxylic acids is 2. The van der Waals surface area contributed by atoms with Gasteiger partial charge in [-0.25, -0.2) is 10.2 Å². The third-order valence-electron chi connectivity index (χ3n) is 4.81. The average molecular weight is 446 g/mol. The summed E-state index contributed by atoms with van der Waals surface area (Å²) >= 11 is 0. The van der Waals surface area contributed by atoms with Gasteiger partial charge in [0, 0.05) is 5.56 Å². The van der Waals surface area contributed by atoms with Gasteiger partial charge in [0.05, 0.1) is 11.8 Å². The number of rotatable bonds is 7. The molecule has 0 aromatic heterocycles. The van der Waals surface area contributed by atoms with Crippen LogP contribution in [0.15, 0.2) is 65.8 Å². The fourth-order valence-electron chi connectivity index (χ4n) is 3.17. The molecule has 1 aliphatic heterocycles. The molecule has 0 bridgehead atoms. The second kappa shape index (κ2) is 9.86. The van der Waals surface area contributed by atoms with E-state index in [1.807, 2.05) is 32.0 Å². The van der Waals surface area contributed by atoms with Crippen LogP contribution < -0.4 is 24.4 Å². The topological polar surface area (TPSA) is 95.5 Å². The number of para-hydroxylation sites is 1. The Morgan fingerprint density at radius 1 is 1.00 bits per heavy atom. The first-order valence-electron chi connectivity index (χ1n) is 10.2. The molecule has 1 amide bonds. The van der Waals surface area contributed by atoms with Crippen LogP contribution in [0.3, 0.4) is 0 Å². The molecule has 3 aromatic rings. The summed E-state index contributed by atoms with van der Waals surface area (Å²) in [5.41, 5.74) is 5.31. The van der Waals surface area contributed by atoms with Crippen molar-refractivity contribution in [2.45, 2.75) is 13.8 Å². The molecule has 168 valence electrons. The minimum atomic E-state index is -0.556. The first kappa shape index (κ1) is 21.9. The van der Waals surface area contributed by atoms with Gasteiger partial charge in [-0.3, -0.25) is 4.79 Å². The van der Waals surface area contributed by atoms with E-state index in [1.54, 1.807) is 42.5 Å². The predicted molar refractivity (Wildman–Crippen MR) is 121 cm³/mol. The summed E-state index contributed by atoms with van der Waals surface area (Å²) in [5, 5.41) is 3.95. The van der Waals surface area contributed by atoms with Gasteiger partial charge >= 0.3 is 5.97 Å². The maximum Gasteiger partial charge on any atom is 0.343 e. The van der Waals surface area contributed by atoms with Crippen molar-refractivity contribution in [2.75, 3.05) is 13.4 Å². The van der Waals surface area contributed by atoms with Crippen molar-refractivity contribution >= 4 is 18.1 Å². The van der Waals surface area contributed by atoms with Gasteiger partial charge < -0.3 is 18.9 Å². The molecule has 8 nitrogen and oxygen atoms in total. The van der Waals surface area contributed by atoms with Gasteiger partial charge in [0.25, 0.3) is 5.91 Å². The number of benzene rings is 3. The highest BCUT2D eigenvalue weighted by Gasteiger charge is 2.18. The van der Waals surface area contributed by atoms with Crippen LogP contribution in [0.4, 0.5) is 0 Å². The lowest BCUT2D eigenvalue weighted by Gasteiger charge is -2.09. The molecule has 0 spiro atoms. The van der Waals surface area contributed by atoms with Crippen LogP contribution in [-0.2, 0) is 4.79 Å². The average Bonchev–Trinajstić information content (AvgIpc) is 3.27. The number of fused-ring (bicyclic) bond motifs is 1. The van der Waals surface area contributed by atoms with E-state index >= 15 is 0 Å². The highest BCUT2D eigenvalue weighted by atomic mass is 16.7. The van der Waals surface area contributed by atoms with Crippen LogP contribution in [0, 0.1) is 13.8 Å². The molecule has 33 heavy (non-hydrogen) atoms. The number of carbonyl (C=O) groups is 2. The molecule has 1 heterocycles. The quantitative estimate of drug-likeness (QED) is 0.257. The Bertz CT molecular complexity index is 1220. The zero-order chi connectivity index (χ0) is 23.2. The van der Waals surface area contributed by atoms with Crippen molar-refractivity contribution in [3.63, 3.8) is 0 Å². The van der Waals surface area contributed by atoms with Crippen LogP contribution >= 0.6 is 0 Å². The van der Waals surface area contributed by atoms with E-state index in [-0.39, 0.29) is 13.4 Å². The van der Waals surface area contributed by atoms with E-state index < -0.39 is 11.9 Å². The number of hydrazone groups is 1. The Morgan fingerprint density at radius 2 is 1.82 bits per heavy atom. The number of nitrogens with zero attached hydrogens (tertiary/aromatic N) is 1. The van der Waals surface area contributed by atoms with E-state index in [1.165, 1.54) is 6.21 Å². The van der Waals surface area contributed by atoms with Gasteiger partial charge in [0.15, 0.2) is 18.1 Å². The summed E-state index contributed by atoms with van der Waals surface area (Å²) in [7, 11) is 0. The fraction of sp³-hybridized carbons (Fsp3) is 0.160. The van der Waals surface area contributed by atoms with Crippen LogP contribution in [0.5, 0.6) is 23.0 Å². The summed E-state index contributed by atoms with van der Waals surface area (Å²) in [4.78, 5) is 24.6. The monoisotopic (exact) mass is 446 g/mol. The van der Waals surface area contributed by atoms with Gasteiger partial charge in [-0.1, -0.05) is 29.8 Å². The molecule has 0 saturated heterocycles. The van der Waals surface area contributed by atoms with Gasteiger partial charge in [-0.05, 0) is 55.8 Å². The van der Waals surface area contributed by atoms with Crippen LogP contribution in [0.2, 0.25) is 0 Å². The normalized spacial score (nSPS) is 11.9. The van der Waals surface area contributed by atoms with Gasteiger partial charge in [0.1, 0.15) is 11.5 Å². The third kappa shape index (κ3) is 5.48. The largest absolute Gasteiger partial charge is 0.483 e. The Labute approximate surface area is 190 Å². The molecule has 0 fully saturated rings. The van der Waals surface area contributed by atoms with Crippen LogP contribution in [-0.4, -0.2) is 31.5 Å². The molecular formula is C25H22N2O6. The standard InChI is InChI=1S/C25H22N2O6/c1-16-7-9-20(17(2)11-16)30-14-24(28)27-26-13-19-5-3-4-6-21(19)33-25(29)18-8-10-22-23(12-18)32-15-31-22/h3-13H,14-15H2,1-2H3,(H,27,28)/b26-13-. The highest BCUT2D eigenvalue weighted by Crippen LogP contribution is 2.33. The predicted octanol–water partition coefficient (Wildman–Crippen LogP) is 3.78. The summed E-state index contributed by atoms with van der Waals surface area (Å²) in [6.07, 6.45) is 1.40. The zero-order valence-electron chi connectivity index (χ0n) is 18.2. The summed E-state index contributed by atoms with van der Waals surface area (Å²) < 4.78 is 21.6. The van der Waals surface area contributed by atoms with Crippen LogP contribution in [0.25, 0.3) is 0 Å². The van der Waals surface area contributed by atoms with Gasteiger partial charge in [0.2, 0.25) is 6.79 Å².